The second-order valence-corrected chi connectivity index (χ2v) is 9.91. The molecule has 1 aromatic heterocycles. The van der Waals surface area contributed by atoms with Gasteiger partial charge in [0.05, 0.1) is 18.6 Å². The topological polar surface area (TPSA) is 78.9 Å². The van der Waals surface area contributed by atoms with Gasteiger partial charge in [-0.2, -0.15) is 0 Å². The van der Waals surface area contributed by atoms with Crippen molar-refractivity contribution in [3.8, 4) is 0 Å². The van der Waals surface area contributed by atoms with Gasteiger partial charge in [-0.3, -0.25) is 9.59 Å². The number of amides is 2. The quantitative estimate of drug-likeness (QED) is 0.714. The molecular weight excluding hydrogens is 406 g/mol. The van der Waals surface area contributed by atoms with E-state index in [-0.39, 0.29) is 17.7 Å². The van der Waals surface area contributed by atoms with Crippen LogP contribution in [0.1, 0.15) is 44.9 Å². The van der Waals surface area contributed by atoms with Crippen LogP contribution in [0.2, 0.25) is 0 Å². The average molecular weight is 442 g/mol. The molecule has 0 spiro atoms. The predicted molar refractivity (Wildman–Crippen MR) is 120 cm³/mol. The minimum Gasteiger partial charge on any atom is -0.378 e. The summed E-state index contributed by atoms with van der Waals surface area (Å²) in [6.07, 6.45) is 10.8. The zero-order valence-electron chi connectivity index (χ0n) is 19.0. The molecule has 0 N–H and O–H groups in total. The molecule has 8 heteroatoms. The third-order valence-corrected chi connectivity index (χ3v) is 8.01. The van der Waals surface area contributed by atoms with Crippen molar-refractivity contribution in [3.05, 3.63) is 18.5 Å². The van der Waals surface area contributed by atoms with Gasteiger partial charge in [-0.05, 0) is 31.7 Å². The standard InChI is InChI=1S/C24H35N5O3/c30-21(19-6-2-1-3-7-19)28-11-4-8-24(22(31)27-12-14-32-15-13-27)18-29(17-20(24)16-28)23-25-9-5-10-26-23/h5,9-10,19-20H,1-4,6-8,11-18H2/t20-,24-/m0/s1. The van der Waals surface area contributed by atoms with Crippen molar-refractivity contribution in [2.75, 3.05) is 57.4 Å². The minimum absolute atomic E-state index is 0.0942. The van der Waals surface area contributed by atoms with Gasteiger partial charge in [0.15, 0.2) is 0 Å². The fourth-order valence-electron chi connectivity index (χ4n) is 6.28. The van der Waals surface area contributed by atoms with Crippen LogP contribution in [0.5, 0.6) is 0 Å². The molecule has 32 heavy (non-hydrogen) atoms. The van der Waals surface area contributed by atoms with Crippen LogP contribution in [0.3, 0.4) is 0 Å². The monoisotopic (exact) mass is 441 g/mol. The van der Waals surface area contributed by atoms with Gasteiger partial charge in [0, 0.05) is 63.5 Å². The summed E-state index contributed by atoms with van der Waals surface area (Å²) < 4.78 is 5.50. The lowest BCUT2D eigenvalue weighted by Crippen LogP contribution is -2.53. The van der Waals surface area contributed by atoms with Crippen molar-refractivity contribution < 1.29 is 14.3 Å². The maximum atomic E-state index is 14.0. The number of likely N-dealkylation sites (tertiary alicyclic amines) is 1. The highest BCUT2D eigenvalue weighted by atomic mass is 16.5. The molecule has 1 aliphatic carbocycles. The summed E-state index contributed by atoms with van der Waals surface area (Å²) in [5.41, 5.74) is -0.488. The molecule has 0 bridgehead atoms. The number of morpholine rings is 1. The lowest BCUT2D eigenvalue weighted by atomic mass is 9.73. The van der Waals surface area contributed by atoms with E-state index < -0.39 is 5.41 Å². The number of hydrogen-bond acceptors (Lipinski definition) is 6. The van der Waals surface area contributed by atoms with Crippen LogP contribution in [0.4, 0.5) is 5.95 Å². The maximum absolute atomic E-state index is 14.0. The molecule has 2 atom stereocenters. The first-order valence-electron chi connectivity index (χ1n) is 12.4. The summed E-state index contributed by atoms with van der Waals surface area (Å²) in [7, 11) is 0. The molecule has 0 aromatic carbocycles. The molecule has 3 saturated heterocycles. The predicted octanol–water partition coefficient (Wildman–Crippen LogP) is 1.96. The van der Waals surface area contributed by atoms with Crippen LogP contribution in [0.15, 0.2) is 18.5 Å². The molecule has 174 valence electrons. The number of carbonyl (C=O) groups excluding carboxylic acids is 2. The van der Waals surface area contributed by atoms with Gasteiger partial charge >= 0.3 is 0 Å². The highest BCUT2D eigenvalue weighted by Crippen LogP contribution is 2.45. The SMILES string of the molecule is O=C(C1CCCCC1)N1CCC[C@]2(C(=O)N3CCOCC3)CN(c3ncccn3)C[C@@H]2C1. The van der Waals surface area contributed by atoms with Crippen molar-refractivity contribution >= 4 is 17.8 Å². The molecule has 0 unspecified atom stereocenters. The first-order chi connectivity index (χ1) is 15.7. The van der Waals surface area contributed by atoms with Crippen molar-refractivity contribution in [2.45, 2.75) is 44.9 Å². The number of hydrogen-bond donors (Lipinski definition) is 0. The van der Waals surface area contributed by atoms with Gasteiger partial charge in [0.1, 0.15) is 0 Å². The molecule has 1 saturated carbocycles. The summed E-state index contributed by atoms with van der Waals surface area (Å²) in [4.78, 5) is 42.5. The lowest BCUT2D eigenvalue weighted by molar-refractivity contribution is -0.148. The van der Waals surface area contributed by atoms with Crippen LogP contribution in [-0.4, -0.2) is 84.1 Å². The Kier molecular flexibility index (Phi) is 6.31. The third kappa shape index (κ3) is 4.09. The van der Waals surface area contributed by atoms with Crippen LogP contribution in [-0.2, 0) is 14.3 Å². The van der Waals surface area contributed by atoms with Crippen LogP contribution < -0.4 is 4.90 Å². The molecule has 0 radical (unpaired) electrons. The van der Waals surface area contributed by atoms with Gasteiger partial charge in [-0.15, -0.1) is 0 Å². The largest absolute Gasteiger partial charge is 0.378 e. The van der Waals surface area contributed by atoms with Crippen molar-refractivity contribution in [1.29, 1.82) is 0 Å². The summed E-state index contributed by atoms with van der Waals surface area (Å²) in [5.74, 6) is 1.49. The van der Waals surface area contributed by atoms with Crippen LogP contribution >= 0.6 is 0 Å². The van der Waals surface area contributed by atoms with Gasteiger partial charge in [-0.1, -0.05) is 19.3 Å². The van der Waals surface area contributed by atoms with E-state index in [1.54, 1.807) is 12.4 Å². The van der Waals surface area contributed by atoms with E-state index in [0.29, 0.717) is 57.8 Å². The van der Waals surface area contributed by atoms with Gasteiger partial charge in [0.25, 0.3) is 0 Å². The van der Waals surface area contributed by atoms with E-state index in [1.165, 1.54) is 6.42 Å². The molecule has 5 rings (SSSR count). The molecule has 2 amide bonds. The second-order valence-electron chi connectivity index (χ2n) is 9.91. The fourth-order valence-corrected chi connectivity index (χ4v) is 6.28. The number of ether oxygens (including phenoxy) is 1. The van der Waals surface area contributed by atoms with E-state index >= 15 is 0 Å². The summed E-state index contributed by atoms with van der Waals surface area (Å²) in [5, 5.41) is 0. The van der Waals surface area contributed by atoms with Gasteiger partial charge in [-0.25, -0.2) is 9.97 Å². The molecule has 4 heterocycles. The highest BCUT2D eigenvalue weighted by Gasteiger charge is 2.55. The highest BCUT2D eigenvalue weighted by molar-refractivity contribution is 5.85. The molecule has 4 fully saturated rings. The molecule has 4 aliphatic rings. The van der Waals surface area contributed by atoms with E-state index in [0.717, 1.165) is 45.1 Å². The Morgan fingerprint density at radius 3 is 2.44 bits per heavy atom. The number of aromatic nitrogens is 2. The van der Waals surface area contributed by atoms with Crippen LogP contribution in [0, 0.1) is 17.3 Å². The molecule has 1 aromatic rings. The zero-order valence-corrected chi connectivity index (χ0v) is 19.0. The average Bonchev–Trinajstić information content (AvgIpc) is 3.13. The normalized spacial score (nSPS) is 29.5. The Morgan fingerprint density at radius 1 is 0.938 bits per heavy atom. The zero-order chi connectivity index (χ0) is 22.0. The van der Waals surface area contributed by atoms with E-state index in [9.17, 15) is 9.59 Å². The van der Waals surface area contributed by atoms with Gasteiger partial charge < -0.3 is 19.4 Å². The Morgan fingerprint density at radius 2 is 1.69 bits per heavy atom. The van der Waals surface area contributed by atoms with Crippen molar-refractivity contribution in [2.24, 2.45) is 17.3 Å². The number of fused-ring (bicyclic) bond motifs is 1. The first-order valence-corrected chi connectivity index (χ1v) is 12.4. The summed E-state index contributed by atoms with van der Waals surface area (Å²) in [6.45, 7) is 5.28. The molecular formula is C24H35N5O3. The first kappa shape index (κ1) is 21.6. The molecule has 8 nitrogen and oxygen atoms in total. The van der Waals surface area contributed by atoms with E-state index in [2.05, 4.69) is 19.8 Å². The third-order valence-electron chi connectivity index (χ3n) is 8.01. The summed E-state index contributed by atoms with van der Waals surface area (Å²) >= 11 is 0. The number of rotatable bonds is 3. The van der Waals surface area contributed by atoms with Crippen LogP contribution in [0.25, 0.3) is 0 Å². The maximum Gasteiger partial charge on any atom is 0.231 e. The van der Waals surface area contributed by atoms with Crippen molar-refractivity contribution in [1.82, 2.24) is 19.8 Å². The Balaban J connectivity index is 1.41. The summed E-state index contributed by atoms with van der Waals surface area (Å²) in [6, 6.07) is 1.82. The smallest absolute Gasteiger partial charge is 0.231 e. The van der Waals surface area contributed by atoms with Gasteiger partial charge in [0.2, 0.25) is 17.8 Å². The number of anilines is 1. The fraction of sp³-hybridized carbons (Fsp3) is 0.750. The Hall–Kier alpha value is -2.22. The number of carbonyl (C=O) groups is 2. The number of nitrogens with zero attached hydrogens (tertiary/aromatic N) is 5. The van der Waals surface area contributed by atoms with E-state index in [1.807, 2.05) is 11.0 Å². The minimum atomic E-state index is -0.488. The van der Waals surface area contributed by atoms with Crippen molar-refractivity contribution in [3.63, 3.8) is 0 Å². The van der Waals surface area contributed by atoms with E-state index in [4.69, 9.17) is 4.74 Å². The Labute approximate surface area is 190 Å². The molecule has 3 aliphatic heterocycles. The second kappa shape index (κ2) is 9.33. The lowest BCUT2D eigenvalue weighted by Gasteiger charge is -2.39. The Bertz CT molecular complexity index is 809.